The fraction of sp³-hybridized carbons (Fsp3) is 0.769. The summed E-state index contributed by atoms with van der Waals surface area (Å²) in [6.45, 7) is 0. The van der Waals surface area contributed by atoms with E-state index in [1.165, 1.54) is 4.90 Å². The molecule has 2 unspecified atom stereocenters. The largest absolute Gasteiger partial charge is 0.379 e. The van der Waals surface area contributed by atoms with Crippen molar-refractivity contribution in [3.05, 3.63) is 0 Å². The molecular formula is C13H18N2O4. The Balaban J connectivity index is 1.89. The summed E-state index contributed by atoms with van der Waals surface area (Å²) >= 11 is 0. The van der Waals surface area contributed by atoms with E-state index >= 15 is 0 Å². The minimum Gasteiger partial charge on any atom is -0.379 e. The predicted octanol–water partition coefficient (Wildman–Crippen LogP) is 0.803. The molecule has 3 aliphatic rings. The fourth-order valence-electron chi connectivity index (χ4n) is 3.45. The molecule has 104 valence electrons. The Morgan fingerprint density at radius 3 is 2.53 bits per heavy atom. The van der Waals surface area contributed by atoms with Gasteiger partial charge in [0.25, 0.3) is 0 Å². The van der Waals surface area contributed by atoms with Crippen molar-refractivity contribution >= 4 is 17.8 Å². The van der Waals surface area contributed by atoms with Crippen molar-refractivity contribution in [3.63, 3.8) is 0 Å². The van der Waals surface area contributed by atoms with E-state index in [-0.39, 0.29) is 18.1 Å². The number of ether oxygens (including phenoxy) is 1. The first-order valence-electron chi connectivity index (χ1n) is 6.82. The van der Waals surface area contributed by atoms with Gasteiger partial charge < -0.3 is 4.74 Å². The van der Waals surface area contributed by atoms with E-state index < -0.39 is 17.4 Å². The van der Waals surface area contributed by atoms with Gasteiger partial charge in [0, 0.05) is 7.11 Å². The van der Waals surface area contributed by atoms with Gasteiger partial charge in [-0.2, -0.15) is 0 Å². The molecule has 0 bridgehead atoms. The number of hydrogen-bond donors (Lipinski definition) is 1. The van der Waals surface area contributed by atoms with Crippen molar-refractivity contribution in [2.75, 3.05) is 7.11 Å². The molecule has 2 aliphatic carbocycles. The van der Waals surface area contributed by atoms with E-state index in [0.717, 1.165) is 25.7 Å². The summed E-state index contributed by atoms with van der Waals surface area (Å²) in [6, 6.07) is -0.815. The Bertz CT molecular complexity index is 444. The van der Waals surface area contributed by atoms with E-state index in [2.05, 4.69) is 5.32 Å². The molecular weight excluding hydrogens is 248 g/mol. The van der Waals surface area contributed by atoms with Crippen LogP contribution in [0.4, 0.5) is 4.79 Å². The van der Waals surface area contributed by atoms with Gasteiger partial charge in [-0.05, 0) is 32.1 Å². The maximum absolute atomic E-state index is 12.6. The summed E-state index contributed by atoms with van der Waals surface area (Å²) in [4.78, 5) is 37.8. The summed E-state index contributed by atoms with van der Waals surface area (Å²) in [6.07, 6.45) is 4.37. The van der Waals surface area contributed by atoms with Crippen LogP contribution in [0.2, 0.25) is 0 Å². The Morgan fingerprint density at radius 2 is 1.95 bits per heavy atom. The second-order valence-corrected chi connectivity index (χ2v) is 5.64. The normalized spacial score (nSPS) is 33.5. The number of amides is 4. The van der Waals surface area contributed by atoms with Gasteiger partial charge in [0.15, 0.2) is 0 Å². The predicted molar refractivity (Wildman–Crippen MR) is 65.1 cm³/mol. The van der Waals surface area contributed by atoms with Crippen molar-refractivity contribution in [1.29, 1.82) is 0 Å². The topological polar surface area (TPSA) is 75.7 Å². The lowest BCUT2D eigenvalue weighted by Crippen LogP contribution is -2.68. The number of nitrogens with one attached hydrogen (secondary N) is 1. The molecule has 6 heteroatoms. The van der Waals surface area contributed by atoms with Crippen LogP contribution in [-0.2, 0) is 14.3 Å². The van der Waals surface area contributed by atoms with Crippen LogP contribution in [0.1, 0.15) is 38.5 Å². The Hall–Kier alpha value is -1.43. The molecule has 6 nitrogen and oxygen atoms in total. The first kappa shape index (κ1) is 12.6. The number of barbiturate groups is 1. The first-order valence-corrected chi connectivity index (χ1v) is 6.82. The minimum atomic E-state index is -0.977. The molecule has 2 saturated carbocycles. The molecule has 2 atom stereocenters. The Labute approximate surface area is 111 Å². The zero-order valence-electron chi connectivity index (χ0n) is 11.0. The van der Waals surface area contributed by atoms with Crippen LogP contribution in [0.3, 0.4) is 0 Å². The lowest BCUT2D eigenvalue weighted by atomic mass is 9.66. The number of imide groups is 2. The third-order valence-electron chi connectivity index (χ3n) is 4.76. The average Bonchev–Trinajstić information content (AvgIpc) is 2.74. The minimum absolute atomic E-state index is 0.111. The zero-order chi connectivity index (χ0) is 13.6. The van der Waals surface area contributed by atoms with Crippen molar-refractivity contribution in [2.45, 2.75) is 50.7 Å². The van der Waals surface area contributed by atoms with E-state index in [4.69, 9.17) is 4.74 Å². The molecule has 3 fully saturated rings. The second-order valence-electron chi connectivity index (χ2n) is 5.64. The van der Waals surface area contributed by atoms with Crippen LogP contribution in [0.25, 0.3) is 0 Å². The summed E-state index contributed by atoms with van der Waals surface area (Å²) in [7, 11) is 1.60. The highest BCUT2D eigenvalue weighted by atomic mass is 16.5. The van der Waals surface area contributed by atoms with Crippen LogP contribution < -0.4 is 5.32 Å². The van der Waals surface area contributed by atoms with E-state index in [1.54, 1.807) is 7.11 Å². The quantitative estimate of drug-likeness (QED) is 0.750. The highest BCUT2D eigenvalue weighted by Gasteiger charge is 2.59. The van der Waals surface area contributed by atoms with Gasteiger partial charge in [-0.3, -0.25) is 19.8 Å². The van der Waals surface area contributed by atoms with Gasteiger partial charge >= 0.3 is 6.03 Å². The molecule has 19 heavy (non-hydrogen) atoms. The van der Waals surface area contributed by atoms with Gasteiger partial charge in [-0.15, -0.1) is 0 Å². The number of carbonyl (C=O) groups excluding carboxylic acids is 3. The molecule has 1 spiro atoms. The smallest absolute Gasteiger partial charge is 0.331 e. The molecule has 1 heterocycles. The lowest BCUT2D eigenvalue weighted by Gasteiger charge is -2.46. The first-order chi connectivity index (χ1) is 9.10. The Kier molecular flexibility index (Phi) is 2.85. The van der Waals surface area contributed by atoms with E-state index in [0.29, 0.717) is 12.8 Å². The van der Waals surface area contributed by atoms with Gasteiger partial charge in [0.2, 0.25) is 11.8 Å². The number of hydrogen-bond acceptors (Lipinski definition) is 4. The van der Waals surface area contributed by atoms with Crippen molar-refractivity contribution in [1.82, 2.24) is 10.2 Å². The molecule has 0 radical (unpaired) electrons. The molecule has 1 saturated heterocycles. The summed E-state index contributed by atoms with van der Waals surface area (Å²) in [5.41, 5.74) is -0.977. The number of carbonyl (C=O) groups is 3. The number of methoxy groups -OCH3 is 1. The van der Waals surface area contributed by atoms with Gasteiger partial charge in [0.1, 0.15) is 5.41 Å². The highest BCUT2D eigenvalue weighted by Crippen LogP contribution is 2.45. The maximum atomic E-state index is 12.6. The number of nitrogens with zero attached hydrogens (tertiary/aromatic N) is 1. The standard InChI is InChI=1S/C13H18N2O4/c1-19-9-5-2-4-8(9)15-11(17)13(6-3-7-13)10(16)14-12(15)18/h8-9H,2-7H2,1H3,(H,14,16,18). The lowest BCUT2D eigenvalue weighted by molar-refractivity contribution is -0.160. The SMILES string of the molecule is COC1CCCC1N1C(=O)NC(=O)C2(CCC2)C1=O. The third kappa shape index (κ3) is 1.62. The van der Waals surface area contributed by atoms with Crippen molar-refractivity contribution in [3.8, 4) is 0 Å². The molecule has 4 amide bonds. The van der Waals surface area contributed by atoms with E-state index in [9.17, 15) is 14.4 Å². The molecule has 3 rings (SSSR count). The maximum Gasteiger partial charge on any atom is 0.331 e. The summed E-state index contributed by atoms with van der Waals surface area (Å²) in [5, 5.41) is 2.35. The average molecular weight is 266 g/mol. The van der Waals surface area contributed by atoms with Crippen molar-refractivity contribution < 1.29 is 19.1 Å². The van der Waals surface area contributed by atoms with Crippen LogP contribution in [0.5, 0.6) is 0 Å². The third-order valence-corrected chi connectivity index (χ3v) is 4.76. The molecule has 0 aromatic rings. The van der Waals surface area contributed by atoms with Crippen molar-refractivity contribution in [2.24, 2.45) is 5.41 Å². The fourth-order valence-corrected chi connectivity index (χ4v) is 3.45. The molecule has 0 aromatic heterocycles. The van der Waals surface area contributed by atoms with Crippen LogP contribution in [-0.4, -0.2) is 42.0 Å². The zero-order valence-corrected chi connectivity index (χ0v) is 11.0. The van der Waals surface area contributed by atoms with Crippen LogP contribution in [0, 0.1) is 5.41 Å². The highest BCUT2D eigenvalue weighted by molar-refractivity contribution is 6.19. The summed E-state index contributed by atoms with van der Waals surface area (Å²) in [5.74, 6) is -0.738. The van der Waals surface area contributed by atoms with Crippen LogP contribution in [0.15, 0.2) is 0 Å². The van der Waals surface area contributed by atoms with Crippen LogP contribution >= 0.6 is 0 Å². The number of rotatable bonds is 2. The Morgan fingerprint density at radius 1 is 1.21 bits per heavy atom. The summed E-state index contributed by atoms with van der Waals surface area (Å²) < 4.78 is 5.36. The monoisotopic (exact) mass is 266 g/mol. The molecule has 0 aromatic carbocycles. The van der Waals surface area contributed by atoms with Gasteiger partial charge in [-0.25, -0.2) is 4.79 Å². The van der Waals surface area contributed by atoms with E-state index in [1.807, 2.05) is 0 Å². The van der Waals surface area contributed by atoms with Gasteiger partial charge in [0.05, 0.1) is 12.1 Å². The second kappa shape index (κ2) is 4.30. The van der Waals surface area contributed by atoms with Gasteiger partial charge in [-0.1, -0.05) is 6.42 Å². The molecule has 1 N–H and O–H groups in total. The molecule has 1 aliphatic heterocycles. The number of urea groups is 1.